The highest BCUT2D eigenvalue weighted by Gasteiger charge is 2.40. The fraction of sp³-hybridized carbons (Fsp3) is 0.778. The Morgan fingerprint density at radius 1 is 1.38 bits per heavy atom. The molecule has 0 radical (unpaired) electrons. The molecular formula is C18H29N3O3. The zero-order valence-corrected chi connectivity index (χ0v) is 15.0. The highest BCUT2D eigenvalue weighted by Crippen LogP contribution is 2.39. The van der Waals surface area contributed by atoms with Crippen LogP contribution in [0.4, 0.5) is 4.79 Å². The van der Waals surface area contributed by atoms with E-state index in [2.05, 4.69) is 36.4 Å². The van der Waals surface area contributed by atoms with Crippen molar-refractivity contribution in [2.24, 2.45) is 0 Å². The van der Waals surface area contributed by atoms with Crippen molar-refractivity contribution in [1.82, 2.24) is 15.6 Å². The lowest BCUT2D eigenvalue weighted by molar-refractivity contribution is -0.0820. The fourth-order valence-electron chi connectivity index (χ4n) is 3.65. The SMILES string of the molecule is CC(C)(C)c1coc(CNC(=O)NC2CCOC3(CCCC3)C2)n1. The summed E-state index contributed by atoms with van der Waals surface area (Å²) < 4.78 is 11.4. The summed E-state index contributed by atoms with van der Waals surface area (Å²) in [6.07, 6.45) is 8.18. The minimum absolute atomic E-state index is 0.0143. The van der Waals surface area contributed by atoms with Crippen LogP contribution in [-0.4, -0.2) is 29.3 Å². The van der Waals surface area contributed by atoms with Crippen molar-refractivity contribution in [3.05, 3.63) is 17.8 Å². The van der Waals surface area contributed by atoms with E-state index in [1.165, 1.54) is 12.8 Å². The van der Waals surface area contributed by atoms with Crippen LogP contribution in [0.2, 0.25) is 0 Å². The van der Waals surface area contributed by atoms with Crippen LogP contribution >= 0.6 is 0 Å². The molecule has 1 unspecified atom stereocenters. The second-order valence-electron chi connectivity index (χ2n) is 8.13. The van der Waals surface area contributed by atoms with Crippen LogP contribution in [0, 0.1) is 0 Å². The number of hydrogen-bond donors (Lipinski definition) is 2. The van der Waals surface area contributed by atoms with Gasteiger partial charge in [-0.2, -0.15) is 0 Å². The molecule has 3 rings (SSSR count). The lowest BCUT2D eigenvalue weighted by atomic mass is 9.89. The molecule has 6 heteroatoms. The maximum atomic E-state index is 12.2. The zero-order valence-electron chi connectivity index (χ0n) is 15.0. The topological polar surface area (TPSA) is 76.4 Å². The third-order valence-electron chi connectivity index (χ3n) is 5.06. The molecular weight excluding hydrogens is 306 g/mol. The average molecular weight is 335 g/mol. The number of rotatable bonds is 3. The van der Waals surface area contributed by atoms with E-state index < -0.39 is 0 Å². The largest absolute Gasteiger partial charge is 0.447 e. The molecule has 2 N–H and O–H groups in total. The van der Waals surface area contributed by atoms with Gasteiger partial charge in [0.25, 0.3) is 0 Å². The van der Waals surface area contributed by atoms with Gasteiger partial charge in [-0.05, 0) is 25.7 Å². The molecule has 2 amide bonds. The molecule has 0 bridgehead atoms. The predicted molar refractivity (Wildman–Crippen MR) is 90.7 cm³/mol. The predicted octanol–water partition coefficient (Wildman–Crippen LogP) is 3.26. The summed E-state index contributed by atoms with van der Waals surface area (Å²) in [5.41, 5.74) is 0.856. The van der Waals surface area contributed by atoms with E-state index in [1.54, 1.807) is 6.26 Å². The number of oxazole rings is 1. The van der Waals surface area contributed by atoms with Gasteiger partial charge in [-0.15, -0.1) is 0 Å². The lowest BCUT2D eigenvalue weighted by Gasteiger charge is -2.38. The number of ether oxygens (including phenoxy) is 1. The molecule has 0 aromatic carbocycles. The van der Waals surface area contributed by atoms with Gasteiger partial charge in [0.2, 0.25) is 5.89 Å². The molecule has 1 aliphatic carbocycles. The Balaban J connectivity index is 1.46. The van der Waals surface area contributed by atoms with Crippen molar-refractivity contribution >= 4 is 6.03 Å². The van der Waals surface area contributed by atoms with Gasteiger partial charge in [0, 0.05) is 18.1 Å². The van der Waals surface area contributed by atoms with Gasteiger partial charge in [0.1, 0.15) is 6.26 Å². The van der Waals surface area contributed by atoms with Crippen LogP contribution in [-0.2, 0) is 16.7 Å². The minimum atomic E-state index is -0.162. The molecule has 24 heavy (non-hydrogen) atoms. The van der Waals surface area contributed by atoms with Crippen molar-refractivity contribution in [2.45, 2.75) is 82.9 Å². The molecule has 1 atom stereocenters. The van der Waals surface area contributed by atoms with E-state index in [1.807, 2.05) is 0 Å². The number of carbonyl (C=O) groups excluding carboxylic acids is 1. The third-order valence-corrected chi connectivity index (χ3v) is 5.06. The molecule has 2 aliphatic rings. The molecule has 1 saturated heterocycles. The smallest absolute Gasteiger partial charge is 0.315 e. The Labute approximate surface area is 143 Å². The number of urea groups is 1. The Bertz CT molecular complexity index is 570. The van der Waals surface area contributed by atoms with Crippen LogP contribution in [0.5, 0.6) is 0 Å². The fourth-order valence-corrected chi connectivity index (χ4v) is 3.65. The van der Waals surface area contributed by atoms with E-state index in [0.29, 0.717) is 12.4 Å². The third kappa shape index (κ3) is 4.09. The Kier molecular flexibility index (Phi) is 4.85. The first-order valence-electron chi connectivity index (χ1n) is 9.00. The second-order valence-corrected chi connectivity index (χ2v) is 8.13. The number of hydrogen-bond acceptors (Lipinski definition) is 4. The monoisotopic (exact) mass is 335 g/mol. The van der Waals surface area contributed by atoms with E-state index in [4.69, 9.17) is 9.15 Å². The first kappa shape index (κ1) is 17.3. The minimum Gasteiger partial charge on any atom is -0.447 e. The first-order chi connectivity index (χ1) is 11.4. The van der Waals surface area contributed by atoms with Crippen LogP contribution in [0.25, 0.3) is 0 Å². The maximum absolute atomic E-state index is 12.2. The van der Waals surface area contributed by atoms with E-state index in [-0.39, 0.29) is 23.1 Å². The molecule has 134 valence electrons. The second kappa shape index (κ2) is 6.75. The summed E-state index contributed by atoms with van der Waals surface area (Å²) in [7, 11) is 0. The van der Waals surface area contributed by atoms with Crippen LogP contribution < -0.4 is 10.6 Å². The Morgan fingerprint density at radius 2 is 2.12 bits per heavy atom. The summed E-state index contributed by atoms with van der Waals surface area (Å²) in [5.74, 6) is 0.536. The average Bonchev–Trinajstić information content (AvgIpc) is 3.15. The van der Waals surface area contributed by atoms with Crippen molar-refractivity contribution in [2.75, 3.05) is 6.61 Å². The number of nitrogens with one attached hydrogen (secondary N) is 2. The van der Waals surface area contributed by atoms with Gasteiger partial charge in [-0.3, -0.25) is 0 Å². The Morgan fingerprint density at radius 3 is 2.79 bits per heavy atom. The zero-order chi connectivity index (χ0) is 17.2. The summed E-state index contributed by atoms with van der Waals surface area (Å²) in [6.45, 7) is 7.28. The summed E-state index contributed by atoms with van der Waals surface area (Å²) in [4.78, 5) is 16.6. The first-order valence-corrected chi connectivity index (χ1v) is 9.00. The number of carbonyl (C=O) groups is 1. The maximum Gasteiger partial charge on any atom is 0.315 e. The number of aromatic nitrogens is 1. The molecule has 2 heterocycles. The molecule has 1 aromatic heterocycles. The molecule has 6 nitrogen and oxygen atoms in total. The number of amides is 2. The van der Waals surface area contributed by atoms with Crippen LogP contribution in [0.15, 0.2) is 10.7 Å². The quantitative estimate of drug-likeness (QED) is 0.889. The van der Waals surface area contributed by atoms with Crippen LogP contribution in [0.3, 0.4) is 0 Å². The van der Waals surface area contributed by atoms with Gasteiger partial charge in [0.05, 0.1) is 17.8 Å². The normalized spacial score (nSPS) is 23.4. The van der Waals surface area contributed by atoms with E-state index >= 15 is 0 Å². The highest BCUT2D eigenvalue weighted by atomic mass is 16.5. The van der Waals surface area contributed by atoms with Crippen molar-refractivity contribution < 1.29 is 13.9 Å². The van der Waals surface area contributed by atoms with Crippen molar-refractivity contribution in [1.29, 1.82) is 0 Å². The van der Waals surface area contributed by atoms with Crippen LogP contribution in [0.1, 0.15) is 70.9 Å². The standard InChI is InChI=1S/C18H29N3O3/c1-17(2,3)14-12-23-15(21-14)11-19-16(22)20-13-6-9-24-18(10-13)7-4-5-8-18/h12-13H,4-11H2,1-3H3,(H2,19,20,22). The van der Waals surface area contributed by atoms with E-state index in [0.717, 1.165) is 38.0 Å². The molecule has 1 aliphatic heterocycles. The number of nitrogens with zero attached hydrogens (tertiary/aromatic N) is 1. The Hall–Kier alpha value is -1.56. The van der Waals surface area contributed by atoms with Gasteiger partial charge in [-0.25, -0.2) is 9.78 Å². The highest BCUT2D eigenvalue weighted by molar-refractivity contribution is 5.74. The summed E-state index contributed by atoms with van der Waals surface area (Å²) in [6, 6.07) is 0.0251. The van der Waals surface area contributed by atoms with Crippen molar-refractivity contribution in [3.8, 4) is 0 Å². The summed E-state index contributed by atoms with van der Waals surface area (Å²) >= 11 is 0. The van der Waals surface area contributed by atoms with Gasteiger partial charge in [0.15, 0.2) is 0 Å². The molecule has 1 aromatic rings. The van der Waals surface area contributed by atoms with Gasteiger partial charge < -0.3 is 19.8 Å². The van der Waals surface area contributed by atoms with E-state index in [9.17, 15) is 4.79 Å². The lowest BCUT2D eigenvalue weighted by Crippen LogP contribution is -2.49. The molecule has 1 saturated carbocycles. The van der Waals surface area contributed by atoms with Gasteiger partial charge in [-0.1, -0.05) is 33.6 Å². The molecule has 2 fully saturated rings. The van der Waals surface area contributed by atoms with Crippen molar-refractivity contribution in [3.63, 3.8) is 0 Å². The molecule has 1 spiro atoms. The van der Waals surface area contributed by atoms with Gasteiger partial charge >= 0.3 is 6.03 Å². The summed E-state index contributed by atoms with van der Waals surface area (Å²) in [5, 5.41) is 5.92.